The zero-order valence-corrected chi connectivity index (χ0v) is 11.5. The van der Waals surface area contributed by atoms with Gasteiger partial charge in [-0.2, -0.15) is 0 Å². The fourth-order valence-corrected chi connectivity index (χ4v) is 2.02. The molecule has 0 aliphatic heterocycles. The van der Waals surface area contributed by atoms with Crippen molar-refractivity contribution in [3.05, 3.63) is 27.0 Å². The van der Waals surface area contributed by atoms with Crippen molar-refractivity contribution in [2.75, 3.05) is 11.9 Å². The quantitative estimate of drug-likeness (QED) is 0.644. The zero-order valence-electron chi connectivity index (χ0n) is 9.94. The van der Waals surface area contributed by atoms with E-state index >= 15 is 0 Å². The maximum Gasteiger partial charge on any atom is 0.311 e. The molecule has 1 heterocycles. The predicted octanol–water partition coefficient (Wildman–Crippen LogP) is 3.60. The summed E-state index contributed by atoms with van der Waals surface area (Å²) in [6.07, 6.45) is 4.93. The molecule has 1 aromatic rings. The number of nitrogens with zero attached hydrogens (tertiary/aromatic N) is 2. The van der Waals surface area contributed by atoms with Gasteiger partial charge in [0.2, 0.25) is 0 Å². The van der Waals surface area contributed by atoms with Crippen LogP contribution in [0.3, 0.4) is 0 Å². The van der Waals surface area contributed by atoms with Crippen molar-refractivity contribution in [1.82, 2.24) is 4.98 Å². The zero-order chi connectivity index (χ0) is 12.8. The Labute approximate surface area is 109 Å². The minimum atomic E-state index is -0.424. The van der Waals surface area contributed by atoms with Crippen LogP contribution < -0.4 is 5.32 Å². The molecule has 0 bridgehead atoms. The van der Waals surface area contributed by atoms with Crippen molar-refractivity contribution >= 4 is 27.3 Å². The van der Waals surface area contributed by atoms with Gasteiger partial charge in [-0.25, -0.2) is 0 Å². The highest BCUT2D eigenvalue weighted by Crippen LogP contribution is 2.31. The number of halogens is 1. The second-order valence-electron chi connectivity index (χ2n) is 3.84. The van der Waals surface area contributed by atoms with Gasteiger partial charge in [0.05, 0.1) is 9.40 Å². The van der Waals surface area contributed by atoms with Crippen molar-refractivity contribution < 1.29 is 4.92 Å². The van der Waals surface area contributed by atoms with E-state index in [1.807, 2.05) is 0 Å². The van der Waals surface area contributed by atoms with Crippen LogP contribution in [0.25, 0.3) is 0 Å². The first-order chi connectivity index (χ1) is 8.10. The largest absolute Gasteiger partial charge is 0.378 e. The molecule has 0 spiro atoms. The third-order valence-electron chi connectivity index (χ3n) is 2.80. The summed E-state index contributed by atoms with van der Waals surface area (Å²) >= 11 is 3.28. The van der Waals surface area contributed by atoms with Gasteiger partial charge >= 0.3 is 5.69 Å². The summed E-state index contributed by atoms with van der Waals surface area (Å²) in [4.78, 5) is 14.2. The third-order valence-corrected chi connectivity index (χ3v) is 3.40. The first kappa shape index (κ1) is 13.9. The van der Waals surface area contributed by atoms with Crippen LogP contribution in [0.15, 0.2) is 16.9 Å². The molecule has 0 unspecified atom stereocenters. The van der Waals surface area contributed by atoms with E-state index in [-0.39, 0.29) is 5.69 Å². The Morgan fingerprint density at radius 3 is 2.65 bits per heavy atom. The van der Waals surface area contributed by atoms with Crippen molar-refractivity contribution in [2.24, 2.45) is 5.92 Å². The Morgan fingerprint density at radius 2 is 2.12 bits per heavy atom. The lowest BCUT2D eigenvalue weighted by Gasteiger charge is -2.14. The number of nitro groups is 1. The molecule has 0 atom stereocenters. The molecule has 94 valence electrons. The molecular weight excluding hydrogens is 286 g/mol. The Balaban J connectivity index is 2.85. The number of anilines is 1. The molecular formula is C11H16BrN3O2. The van der Waals surface area contributed by atoms with Gasteiger partial charge in [-0.1, -0.05) is 26.7 Å². The minimum Gasteiger partial charge on any atom is -0.378 e. The normalized spacial score (nSPS) is 10.6. The van der Waals surface area contributed by atoms with Crippen LogP contribution >= 0.6 is 15.9 Å². The highest BCUT2D eigenvalue weighted by atomic mass is 79.9. The smallest absolute Gasteiger partial charge is 0.311 e. The Bertz CT molecular complexity index is 394. The van der Waals surface area contributed by atoms with Crippen molar-refractivity contribution in [1.29, 1.82) is 0 Å². The highest BCUT2D eigenvalue weighted by Gasteiger charge is 2.17. The molecule has 0 radical (unpaired) electrons. The molecule has 6 heteroatoms. The molecule has 5 nitrogen and oxygen atoms in total. The van der Waals surface area contributed by atoms with E-state index < -0.39 is 4.92 Å². The van der Waals surface area contributed by atoms with Gasteiger partial charge in [0.1, 0.15) is 11.9 Å². The Kier molecular flexibility index (Phi) is 5.34. The van der Waals surface area contributed by atoms with E-state index in [0.717, 1.165) is 19.4 Å². The topological polar surface area (TPSA) is 68.1 Å². The molecule has 0 aliphatic rings. The average molecular weight is 302 g/mol. The second kappa shape index (κ2) is 6.54. The fraction of sp³-hybridized carbons (Fsp3) is 0.545. The van der Waals surface area contributed by atoms with Crippen LogP contribution in [-0.2, 0) is 0 Å². The summed E-state index contributed by atoms with van der Waals surface area (Å²) in [5, 5.41) is 14.0. The van der Waals surface area contributed by atoms with Gasteiger partial charge < -0.3 is 5.32 Å². The van der Waals surface area contributed by atoms with Crippen LogP contribution in [0.2, 0.25) is 0 Å². The van der Waals surface area contributed by atoms with Crippen LogP contribution in [0.1, 0.15) is 26.7 Å². The van der Waals surface area contributed by atoms with E-state index in [1.165, 1.54) is 6.20 Å². The van der Waals surface area contributed by atoms with Gasteiger partial charge in [-0.05, 0) is 21.8 Å². The van der Waals surface area contributed by atoms with Crippen molar-refractivity contribution in [2.45, 2.75) is 26.7 Å². The number of pyridine rings is 1. The Morgan fingerprint density at radius 1 is 1.47 bits per heavy atom. The van der Waals surface area contributed by atoms with E-state index in [0.29, 0.717) is 16.1 Å². The number of aromatic nitrogens is 1. The second-order valence-corrected chi connectivity index (χ2v) is 4.69. The minimum absolute atomic E-state index is 0.00494. The van der Waals surface area contributed by atoms with E-state index in [4.69, 9.17) is 0 Å². The van der Waals surface area contributed by atoms with Gasteiger partial charge in [0, 0.05) is 12.7 Å². The van der Waals surface area contributed by atoms with Crippen molar-refractivity contribution in [3.63, 3.8) is 0 Å². The van der Waals surface area contributed by atoms with E-state index in [9.17, 15) is 10.1 Å². The number of rotatable bonds is 6. The summed E-state index contributed by atoms with van der Waals surface area (Å²) in [5.41, 5.74) is 0.516. The summed E-state index contributed by atoms with van der Waals surface area (Å²) in [6, 6.07) is 0. The molecule has 0 saturated carbocycles. The lowest BCUT2D eigenvalue weighted by atomic mass is 10.0. The molecule has 17 heavy (non-hydrogen) atoms. The standard InChI is InChI=1S/C11H16BrN3O2/c1-3-8(4-2)5-14-11-9(12)6-13-7-10(11)15(16)17/h6-8H,3-5H2,1-2H3,(H,13,14). The summed E-state index contributed by atoms with van der Waals surface area (Å²) < 4.78 is 0.623. The lowest BCUT2D eigenvalue weighted by Crippen LogP contribution is -2.14. The number of hydrogen-bond acceptors (Lipinski definition) is 4. The molecule has 1 rings (SSSR count). The molecule has 1 N–H and O–H groups in total. The fourth-order valence-electron chi connectivity index (χ4n) is 1.56. The molecule has 1 aromatic heterocycles. The van der Waals surface area contributed by atoms with Crippen LogP contribution in [0.4, 0.5) is 11.4 Å². The number of nitrogens with one attached hydrogen (secondary N) is 1. The van der Waals surface area contributed by atoms with Gasteiger partial charge in [0.25, 0.3) is 0 Å². The first-order valence-corrected chi connectivity index (χ1v) is 6.41. The van der Waals surface area contributed by atoms with Gasteiger partial charge in [-0.3, -0.25) is 15.1 Å². The van der Waals surface area contributed by atoms with E-state index in [1.54, 1.807) is 6.20 Å². The molecule has 0 aromatic carbocycles. The maximum atomic E-state index is 10.9. The van der Waals surface area contributed by atoms with Crippen LogP contribution in [0.5, 0.6) is 0 Å². The van der Waals surface area contributed by atoms with Crippen molar-refractivity contribution in [3.8, 4) is 0 Å². The summed E-state index contributed by atoms with van der Waals surface area (Å²) in [5.74, 6) is 0.523. The van der Waals surface area contributed by atoms with Gasteiger partial charge in [-0.15, -0.1) is 0 Å². The number of hydrogen-bond donors (Lipinski definition) is 1. The first-order valence-electron chi connectivity index (χ1n) is 5.61. The van der Waals surface area contributed by atoms with Crippen LogP contribution in [0, 0.1) is 16.0 Å². The predicted molar refractivity (Wildman–Crippen MR) is 71.2 cm³/mol. The SMILES string of the molecule is CCC(CC)CNc1c(Br)cncc1[N+](=O)[O-]. The van der Waals surface area contributed by atoms with Gasteiger partial charge in [0.15, 0.2) is 0 Å². The maximum absolute atomic E-state index is 10.9. The molecule has 0 saturated heterocycles. The monoisotopic (exact) mass is 301 g/mol. The summed E-state index contributed by atoms with van der Waals surface area (Å²) in [6.45, 7) is 4.97. The highest BCUT2D eigenvalue weighted by molar-refractivity contribution is 9.10. The van der Waals surface area contributed by atoms with Crippen LogP contribution in [-0.4, -0.2) is 16.5 Å². The molecule has 0 aliphatic carbocycles. The summed E-state index contributed by atoms with van der Waals surface area (Å²) in [7, 11) is 0. The molecule has 0 amide bonds. The third kappa shape index (κ3) is 3.66. The lowest BCUT2D eigenvalue weighted by molar-refractivity contribution is -0.384. The molecule has 0 fully saturated rings. The van der Waals surface area contributed by atoms with E-state index in [2.05, 4.69) is 40.1 Å². The Hall–Kier alpha value is -1.17. The average Bonchev–Trinajstić information content (AvgIpc) is 2.31.